The Kier molecular flexibility index (Phi) is 6.76. The van der Waals surface area contributed by atoms with E-state index in [1.165, 1.54) is 11.1 Å². The average molecular weight is 440 g/mol. The summed E-state index contributed by atoms with van der Waals surface area (Å²) in [5, 5.41) is 11.3. The molecule has 32 heavy (non-hydrogen) atoms. The van der Waals surface area contributed by atoms with E-state index in [0.29, 0.717) is 12.0 Å². The molecule has 0 spiro atoms. The fourth-order valence-corrected chi connectivity index (χ4v) is 4.28. The van der Waals surface area contributed by atoms with Gasteiger partial charge in [0.1, 0.15) is 5.82 Å². The molecule has 1 heterocycles. The summed E-state index contributed by atoms with van der Waals surface area (Å²) in [5.74, 6) is -1.60. The maximum atomic E-state index is 14.5. The lowest BCUT2D eigenvalue weighted by molar-refractivity contribution is 0.0284. The van der Waals surface area contributed by atoms with Crippen LogP contribution in [0, 0.1) is 25.1 Å². The summed E-state index contributed by atoms with van der Waals surface area (Å²) in [7, 11) is -1.28. The number of nitrogens with zero attached hydrogens (tertiary/aromatic N) is 1. The minimum atomic E-state index is -1.28. The smallest absolute Gasteiger partial charge is 0.423 e. The number of aryl methyl sites for hydroxylation is 2. The van der Waals surface area contributed by atoms with Gasteiger partial charge >= 0.3 is 7.12 Å². The van der Waals surface area contributed by atoms with Crippen molar-refractivity contribution in [3.05, 3.63) is 64.0 Å². The molecule has 1 unspecified atom stereocenters. The van der Waals surface area contributed by atoms with E-state index in [0.717, 1.165) is 17.2 Å². The number of amides is 2. The average Bonchev–Trinajstić information content (AvgIpc) is 3.06. The van der Waals surface area contributed by atoms with Crippen LogP contribution >= 0.6 is 0 Å². The molecule has 0 radical (unpaired) electrons. The molecule has 2 amide bonds. The monoisotopic (exact) mass is 440 g/mol. The molecule has 2 N–H and O–H groups in total. The fourth-order valence-electron chi connectivity index (χ4n) is 4.28. The first-order valence-corrected chi connectivity index (χ1v) is 10.8. The standard InChI is InChI=1S/C24H30BFN2O4/c1-7-21(24(4,5)6)28(23(30)17-9-14(2)8-15(3)10-17)27-22(29)16-11-19-18(20(26)12-16)13-32-25(19)31/h8-12,21,31H,7,13H2,1-6H3,(H,27,29). The molecule has 1 aliphatic heterocycles. The van der Waals surface area contributed by atoms with E-state index in [4.69, 9.17) is 4.65 Å². The maximum Gasteiger partial charge on any atom is 0.491 e. The van der Waals surface area contributed by atoms with Gasteiger partial charge in [-0.25, -0.2) is 9.40 Å². The lowest BCUT2D eigenvalue weighted by atomic mass is 9.78. The second kappa shape index (κ2) is 9.04. The van der Waals surface area contributed by atoms with Crippen LogP contribution in [0.25, 0.3) is 0 Å². The Morgan fingerprint density at radius 2 is 1.78 bits per heavy atom. The molecule has 0 bridgehead atoms. The highest BCUT2D eigenvalue weighted by molar-refractivity contribution is 6.61. The number of halogens is 1. The van der Waals surface area contributed by atoms with Gasteiger partial charge in [-0.05, 0) is 55.4 Å². The molecule has 0 fully saturated rings. The summed E-state index contributed by atoms with van der Waals surface area (Å²) in [6.07, 6.45) is 0.603. The van der Waals surface area contributed by atoms with Crippen molar-refractivity contribution in [2.45, 2.75) is 60.6 Å². The Labute approximate surface area is 188 Å². The van der Waals surface area contributed by atoms with Crippen LogP contribution in [-0.4, -0.2) is 35.0 Å². The molecule has 0 aromatic heterocycles. The van der Waals surface area contributed by atoms with Gasteiger partial charge in [-0.15, -0.1) is 0 Å². The van der Waals surface area contributed by atoms with Crippen molar-refractivity contribution in [2.24, 2.45) is 5.41 Å². The summed E-state index contributed by atoms with van der Waals surface area (Å²) < 4.78 is 19.6. The zero-order chi connectivity index (χ0) is 23.8. The van der Waals surface area contributed by atoms with Gasteiger partial charge in [-0.1, -0.05) is 44.9 Å². The van der Waals surface area contributed by atoms with Crippen molar-refractivity contribution >= 4 is 24.4 Å². The Morgan fingerprint density at radius 1 is 1.16 bits per heavy atom. The highest BCUT2D eigenvalue weighted by atomic mass is 19.1. The van der Waals surface area contributed by atoms with Crippen LogP contribution in [0.4, 0.5) is 4.39 Å². The number of hydrogen-bond donors (Lipinski definition) is 2. The molecule has 0 saturated heterocycles. The van der Waals surface area contributed by atoms with Gasteiger partial charge < -0.3 is 9.68 Å². The normalized spacial score (nSPS) is 14.2. The van der Waals surface area contributed by atoms with Gasteiger partial charge in [-0.2, -0.15) is 0 Å². The van der Waals surface area contributed by atoms with Crippen LogP contribution in [0.2, 0.25) is 0 Å². The topological polar surface area (TPSA) is 78.9 Å². The second-order valence-electron chi connectivity index (χ2n) is 9.47. The number of fused-ring (bicyclic) bond motifs is 1. The van der Waals surface area contributed by atoms with Gasteiger partial charge in [0, 0.05) is 16.7 Å². The van der Waals surface area contributed by atoms with Gasteiger partial charge in [0.05, 0.1) is 12.6 Å². The summed E-state index contributed by atoms with van der Waals surface area (Å²) in [4.78, 5) is 26.7. The Bertz CT molecular complexity index is 1030. The van der Waals surface area contributed by atoms with Crippen LogP contribution in [0.3, 0.4) is 0 Å². The van der Waals surface area contributed by atoms with E-state index in [-0.39, 0.29) is 40.6 Å². The minimum absolute atomic E-state index is 0.00721. The molecular formula is C24H30BFN2O4. The number of hydrogen-bond acceptors (Lipinski definition) is 4. The van der Waals surface area contributed by atoms with E-state index >= 15 is 0 Å². The predicted molar refractivity (Wildman–Crippen MR) is 122 cm³/mol. The van der Waals surface area contributed by atoms with Crippen molar-refractivity contribution in [2.75, 3.05) is 0 Å². The number of hydrazine groups is 1. The second-order valence-corrected chi connectivity index (χ2v) is 9.47. The molecule has 1 atom stereocenters. The van der Waals surface area contributed by atoms with E-state index < -0.39 is 18.8 Å². The third-order valence-corrected chi connectivity index (χ3v) is 5.75. The van der Waals surface area contributed by atoms with Gasteiger partial charge in [0.2, 0.25) is 0 Å². The first kappa shape index (κ1) is 23.9. The van der Waals surface area contributed by atoms with Crippen LogP contribution in [-0.2, 0) is 11.3 Å². The Morgan fingerprint density at radius 3 is 2.34 bits per heavy atom. The Hall–Kier alpha value is -2.71. The van der Waals surface area contributed by atoms with Crippen molar-refractivity contribution in [3.63, 3.8) is 0 Å². The molecule has 1 aliphatic rings. The van der Waals surface area contributed by atoms with Crippen molar-refractivity contribution in [1.82, 2.24) is 10.4 Å². The summed E-state index contributed by atoms with van der Waals surface area (Å²) in [5.41, 5.74) is 5.21. The molecule has 170 valence electrons. The molecule has 2 aromatic carbocycles. The van der Waals surface area contributed by atoms with Crippen LogP contribution in [0.1, 0.15) is 71.5 Å². The third-order valence-electron chi connectivity index (χ3n) is 5.75. The largest absolute Gasteiger partial charge is 0.491 e. The third kappa shape index (κ3) is 4.86. The summed E-state index contributed by atoms with van der Waals surface area (Å²) in [6.45, 7) is 11.7. The van der Waals surface area contributed by atoms with Crippen molar-refractivity contribution < 1.29 is 23.7 Å². The quantitative estimate of drug-likeness (QED) is 0.565. The van der Waals surface area contributed by atoms with Gasteiger partial charge in [0.25, 0.3) is 11.8 Å². The summed E-state index contributed by atoms with van der Waals surface area (Å²) >= 11 is 0. The summed E-state index contributed by atoms with van der Waals surface area (Å²) in [6, 6.07) is 7.74. The van der Waals surface area contributed by atoms with Crippen molar-refractivity contribution in [1.29, 1.82) is 0 Å². The first-order chi connectivity index (χ1) is 14.9. The molecule has 8 heteroatoms. The van der Waals surface area contributed by atoms with Gasteiger partial charge in [0.15, 0.2) is 0 Å². The number of carbonyl (C=O) groups is 2. The predicted octanol–water partition coefficient (Wildman–Crippen LogP) is 3.27. The highest BCUT2D eigenvalue weighted by Crippen LogP contribution is 2.28. The first-order valence-electron chi connectivity index (χ1n) is 10.8. The number of rotatable bonds is 4. The molecule has 6 nitrogen and oxygen atoms in total. The van der Waals surface area contributed by atoms with Gasteiger partial charge in [-0.3, -0.25) is 15.0 Å². The van der Waals surface area contributed by atoms with Crippen LogP contribution in [0.15, 0.2) is 30.3 Å². The Balaban J connectivity index is 1.99. The zero-order valence-corrected chi connectivity index (χ0v) is 19.5. The van der Waals surface area contributed by atoms with Crippen molar-refractivity contribution in [3.8, 4) is 0 Å². The lowest BCUT2D eigenvalue weighted by Crippen LogP contribution is -2.56. The number of nitrogens with one attached hydrogen (secondary N) is 1. The molecule has 2 aromatic rings. The fraction of sp³-hybridized carbons (Fsp3) is 0.417. The molecule has 0 saturated carbocycles. The number of carbonyl (C=O) groups excluding carboxylic acids is 2. The van der Waals surface area contributed by atoms with E-state index in [1.807, 2.05) is 47.6 Å². The molecule has 3 rings (SSSR count). The van der Waals surface area contributed by atoms with E-state index in [2.05, 4.69) is 5.43 Å². The number of benzene rings is 2. The molecule has 0 aliphatic carbocycles. The van der Waals surface area contributed by atoms with Crippen LogP contribution in [0.5, 0.6) is 0 Å². The highest BCUT2D eigenvalue weighted by Gasteiger charge is 2.35. The zero-order valence-electron chi connectivity index (χ0n) is 19.5. The minimum Gasteiger partial charge on any atom is -0.423 e. The molecular weight excluding hydrogens is 410 g/mol. The van der Waals surface area contributed by atoms with E-state index in [9.17, 15) is 19.0 Å². The lowest BCUT2D eigenvalue weighted by Gasteiger charge is -2.39. The van der Waals surface area contributed by atoms with Crippen LogP contribution < -0.4 is 10.9 Å². The SMILES string of the molecule is CCC(N(NC(=O)c1cc(F)c2c(c1)B(O)OC2)C(=O)c1cc(C)cc(C)c1)C(C)(C)C. The maximum absolute atomic E-state index is 14.5. The van der Waals surface area contributed by atoms with E-state index in [1.54, 1.807) is 12.1 Å².